The number of benzene rings is 2. The molecule has 0 saturated carbocycles. The SMILES string of the molecule is CN(Cc1ccc(Oc2ccccc2)cc1)C(=O)c1ccn[nH]1. The molecule has 3 rings (SSSR count). The van der Waals surface area contributed by atoms with Gasteiger partial charge in [-0.05, 0) is 35.9 Å². The number of aromatic amines is 1. The van der Waals surface area contributed by atoms with Crippen molar-refractivity contribution >= 4 is 5.91 Å². The second-order valence-electron chi connectivity index (χ2n) is 5.19. The molecule has 1 N–H and O–H groups in total. The minimum absolute atomic E-state index is 0.0906. The average molecular weight is 307 g/mol. The molecule has 5 heteroatoms. The number of rotatable bonds is 5. The standard InChI is InChI=1S/C18H17N3O2/c1-21(18(22)17-11-12-19-20-17)13-14-7-9-16(10-8-14)23-15-5-3-2-4-6-15/h2-12H,13H2,1H3,(H,19,20). The normalized spacial score (nSPS) is 10.3. The smallest absolute Gasteiger partial charge is 0.271 e. The lowest BCUT2D eigenvalue weighted by Gasteiger charge is -2.16. The maximum atomic E-state index is 12.1. The maximum absolute atomic E-state index is 12.1. The summed E-state index contributed by atoms with van der Waals surface area (Å²) in [5, 5.41) is 6.47. The van der Waals surface area contributed by atoms with Crippen LogP contribution in [0.4, 0.5) is 0 Å². The van der Waals surface area contributed by atoms with E-state index in [-0.39, 0.29) is 5.91 Å². The summed E-state index contributed by atoms with van der Waals surface area (Å²) in [6.45, 7) is 0.517. The van der Waals surface area contributed by atoms with Crippen LogP contribution in [-0.4, -0.2) is 28.1 Å². The fraction of sp³-hybridized carbons (Fsp3) is 0.111. The lowest BCUT2D eigenvalue weighted by atomic mass is 10.2. The van der Waals surface area contributed by atoms with Gasteiger partial charge in [0.05, 0.1) is 0 Å². The number of nitrogens with one attached hydrogen (secondary N) is 1. The van der Waals surface area contributed by atoms with Crippen LogP contribution in [0.25, 0.3) is 0 Å². The Balaban J connectivity index is 1.62. The molecule has 1 aromatic heterocycles. The number of hydrogen-bond donors (Lipinski definition) is 1. The molecular formula is C18H17N3O2. The number of ether oxygens (including phenoxy) is 1. The first-order chi connectivity index (χ1) is 11.2. The molecule has 116 valence electrons. The van der Waals surface area contributed by atoms with Gasteiger partial charge in [0.15, 0.2) is 0 Å². The third-order valence-electron chi connectivity index (χ3n) is 3.40. The highest BCUT2D eigenvalue weighted by Crippen LogP contribution is 2.21. The van der Waals surface area contributed by atoms with E-state index in [1.54, 1.807) is 24.2 Å². The van der Waals surface area contributed by atoms with Gasteiger partial charge in [-0.3, -0.25) is 9.89 Å². The lowest BCUT2D eigenvalue weighted by Crippen LogP contribution is -2.26. The minimum Gasteiger partial charge on any atom is -0.457 e. The summed E-state index contributed by atoms with van der Waals surface area (Å²) < 4.78 is 5.75. The molecule has 0 aliphatic carbocycles. The first-order valence-corrected chi connectivity index (χ1v) is 7.29. The molecule has 0 radical (unpaired) electrons. The molecular weight excluding hydrogens is 290 g/mol. The highest BCUT2D eigenvalue weighted by atomic mass is 16.5. The second kappa shape index (κ2) is 6.79. The van der Waals surface area contributed by atoms with Gasteiger partial charge in [-0.2, -0.15) is 5.10 Å². The van der Waals surface area contributed by atoms with Gasteiger partial charge in [-0.25, -0.2) is 0 Å². The van der Waals surface area contributed by atoms with Crippen LogP contribution in [0.5, 0.6) is 11.5 Å². The number of aromatic nitrogens is 2. The number of hydrogen-bond acceptors (Lipinski definition) is 3. The molecule has 5 nitrogen and oxygen atoms in total. The van der Waals surface area contributed by atoms with Crippen LogP contribution in [0, 0.1) is 0 Å². The number of carbonyl (C=O) groups excluding carboxylic acids is 1. The maximum Gasteiger partial charge on any atom is 0.271 e. The van der Waals surface area contributed by atoms with E-state index >= 15 is 0 Å². The van der Waals surface area contributed by atoms with Gasteiger partial charge in [-0.15, -0.1) is 0 Å². The van der Waals surface area contributed by atoms with E-state index in [1.165, 1.54) is 0 Å². The van der Waals surface area contributed by atoms with E-state index in [9.17, 15) is 4.79 Å². The topological polar surface area (TPSA) is 58.2 Å². The number of para-hydroxylation sites is 1. The fourth-order valence-electron chi connectivity index (χ4n) is 2.21. The molecule has 0 fully saturated rings. The number of amides is 1. The Hall–Kier alpha value is -3.08. The summed E-state index contributed by atoms with van der Waals surface area (Å²) in [5.74, 6) is 1.47. The Kier molecular flexibility index (Phi) is 4.38. The fourth-order valence-corrected chi connectivity index (χ4v) is 2.21. The third-order valence-corrected chi connectivity index (χ3v) is 3.40. The van der Waals surface area contributed by atoms with Crippen molar-refractivity contribution in [3.05, 3.63) is 78.1 Å². The van der Waals surface area contributed by atoms with Crippen molar-refractivity contribution in [1.82, 2.24) is 15.1 Å². The van der Waals surface area contributed by atoms with Crippen LogP contribution in [0.2, 0.25) is 0 Å². The first kappa shape index (κ1) is 14.8. The van der Waals surface area contributed by atoms with Gasteiger partial charge < -0.3 is 9.64 Å². The Morgan fingerprint density at radius 1 is 1.04 bits per heavy atom. The minimum atomic E-state index is -0.0906. The molecule has 1 amide bonds. The van der Waals surface area contributed by atoms with Crippen molar-refractivity contribution < 1.29 is 9.53 Å². The molecule has 0 bridgehead atoms. The van der Waals surface area contributed by atoms with Gasteiger partial charge in [-0.1, -0.05) is 30.3 Å². The molecule has 0 atom stereocenters. The highest BCUT2D eigenvalue weighted by Gasteiger charge is 2.13. The van der Waals surface area contributed by atoms with Crippen molar-refractivity contribution in [2.75, 3.05) is 7.05 Å². The Morgan fingerprint density at radius 3 is 2.39 bits per heavy atom. The Bertz CT molecular complexity index is 753. The summed E-state index contributed by atoms with van der Waals surface area (Å²) >= 11 is 0. The molecule has 0 saturated heterocycles. The number of carbonyl (C=O) groups is 1. The third kappa shape index (κ3) is 3.77. The second-order valence-corrected chi connectivity index (χ2v) is 5.19. The van der Waals surface area contributed by atoms with Gasteiger partial charge >= 0.3 is 0 Å². The summed E-state index contributed by atoms with van der Waals surface area (Å²) in [4.78, 5) is 13.8. The van der Waals surface area contributed by atoms with E-state index in [0.717, 1.165) is 17.1 Å². The van der Waals surface area contributed by atoms with Crippen molar-refractivity contribution in [3.63, 3.8) is 0 Å². The Morgan fingerprint density at radius 2 is 1.74 bits per heavy atom. The lowest BCUT2D eigenvalue weighted by molar-refractivity contribution is 0.0779. The van der Waals surface area contributed by atoms with E-state index in [0.29, 0.717) is 12.2 Å². The van der Waals surface area contributed by atoms with Crippen LogP contribution in [-0.2, 0) is 6.54 Å². The zero-order valence-corrected chi connectivity index (χ0v) is 12.8. The van der Waals surface area contributed by atoms with E-state index in [4.69, 9.17) is 4.74 Å². The summed E-state index contributed by atoms with van der Waals surface area (Å²) in [7, 11) is 1.76. The van der Waals surface area contributed by atoms with Gasteiger partial charge in [0, 0.05) is 19.8 Å². The number of nitrogens with zero attached hydrogens (tertiary/aromatic N) is 2. The first-order valence-electron chi connectivity index (χ1n) is 7.29. The quantitative estimate of drug-likeness (QED) is 0.785. The van der Waals surface area contributed by atoms with Crippen molar-refractivity contribution in [2.45, 2.75) is 6.54 Å². The van der Waals surface area contributed by atoms with Crippen LogP contribution >= 0.6 is 0 Å². The molecule has 3 aromatic rings. The van der Waals surface area contributed by atoms with Gasteiger partial charge in [0.2, 0.25) is 0 Å². The molecule has 0 unspecified atom stereocenters. The van der Waals surface area contributed by atoms with Crippen molar-refractivity contribution in [3.8, 4) is 11.5 Å². The van der Waals surface area contributed by atoms with Crippen LogP contribution in [0.3, 0.4) is 0 Å². The molecule has 2 aromatic carbocycles. The largest absolute Gasteiger partial charge is 0.457 e. The van der Waals surface area contributed by atoms with Crippen LogP contribution in [0.1, 0.15) is 16.1 Å². The van der Waals surface area contributed by atoms with Crippen molar-refractivity contribution in [2.24, 2.45) is 0 Å². The molecule has 0 aliphatic heterocycles. The average Bonchev–Trinajstić information content (AvgIpc) is 3.11. The Labute approximate surface area is 134 Å². The molecule has 0 spiro atoms. The molecule has 23 heavy (non-hydrogen) atoms. The van der Waals surface area contributed by atoms with Crippen molar-refractivity contribution in [1.29, 1.82) is 0 Å². The molecule has 0 aliphatic rings. The zero-order valence-electron chi connectivity index (χ0n) is 12.8. The zero-order chi connectivity index (χ0) is 16.1. The van der Waals surface area contributed by atoms with E-state index in [1.807, 2.05) is 54.6 Å². The van der Waals surface area contributed by atoms with Gasteiger partial charge in [0.1, 0.15) is 17.2 Å². The van der Waals surface area contributed by atoms with E-state index in [2.05, 4.69) is 10.2 Å². The summed E-state index contributed by atoms with van der Waals surface area (Å²) in [5.41, 5.74) is 1.51. The molecule has 1 heterocycles. The summed E-state index contributed by atoms with van der Waals surface area (Å²) in [6.07, 6.45) is 1.57. The van der Waals surface area contributed by atoms with E-state index < -0.39 is 0 Å². The number of H-pyrrole nitrogens is 1. The summed E-state index contributed by atoms with van der Waals surface area (Å²) in [6, 6.07) is 19.0. The monoisotopic (exact) mass is 307 g/mol. The van der Waals surface area contributed by atoms with Gasteiger partial charge in [0.25, 0.3) is 5.91 Å². The predicted molar refractivity (Wildman–Crippen MR) is 87.3 cm³/mol. The highest BCUT2D eigenvalue weighted by molar-refractivity contribution is 5.91. The van der Waals surface area contributed by atoms with Crippen LogP contribution < -0.4 is 4.74 Å². The van der Waals surface area contributed by atoms with Crippen LogP contribution in [0.15, 0.2) is 66.9 Å². The predicted octanol–water partition coefficient (Wildman–Crippen LogP) is 3.47.